The zero-order chi connectivity index (χ0) is 22.4. The van der Waals surface area contributed by atoms with Gasteiger partial charge in [0.05, 0.1) is 30.8 Å². The molecular weight excluding hydrogens is 439 g/mol. The molecule has 0 amide bonds. The molecule has 160 valence electrons. The van der Waals surface area contributed by atoms with Crippen LogP contribution in [0.25, 0.3) is 12.2 Å². The van der Waals surface area contributed by atoms with Crippen molar-refractivity contribution in [3.63, 3.8) is 0 Å². The second-order valence-electron chi connectivity index (χ2n) is 6.71. The number of hydrogen-bond acceptors (Lipinski definition) is 5. The van der Waals surface area contributed by atoms with Gasteiger partial charge in [-0.15, -0.1) is 0 Å². The zero-order valence-corrected chi connectivity index (χ0v) is 18.2. The summed E-state index contributed by atoms with van der Waals surface area (Å²) in [5, 5.41) is 0.386. The van der Waals surface area contributed by atoms with Crippen molar-refractivity contribution in [2.24, 2.45) is 5.90 Å². The van der Waals surface area contributed by atoms with E-state index >= 15 is 0 Å². The lowest BCUT2D eigenvalue weighted by atomic mass is 10.1. The normalized spacial score (nSPS) is 11.0. The van der Waals surface area contributed by atoms with Crippen molar-refractivity contribution < 1.29 is 14.4 Å². The third-order valence-electron chi connectivity index (χ3n) is 4.61. The van der Waals surface area contributed by atoms with Crippen LogP contribution in [-0.4, -0.2) is 17.6 Å². The van der Waals surface area contributed by atoms with Crippen molar-refractivity contribution in [2.45, 2.75) is 13.0 Å². The molecule has 0 unspecified atom stereocenters. The molecule has 6 nitrogen and oxygen atoms in total. The van der Waals surface area contributed by atoms with Gasteiger partial charge in [0, 0.05) is 0 Å². The maximum Gasteiger partial charge on any atom is 0.328 e. The number of nitrogens with two attached hydrogens (primary N) is 1. The van der Waals surface area contributed by atoms with Crippen molar-refractivity contribution in [1.82, 2.24) is 4.57 Å². The van der Waals surface area contributed by atoms with Crippen LogP contribution in [0.1, 0.15) is 22.4 Å². The molecule has 0 atom stereocenters. The minimum Gasteiger partial charge on any atom is -0.497 e. The topological polar surface area (TPSA) is 83.5 Å². The lowest BCUT2D eigenvalue weighted by Gasteiger charge is -2.13. The van der Waals surface area contributed by atoms with Gasteiger partial charge in [-0.1, -0.05) is 65.7 Å². The molecular formula is C23H20Cl2N2O4. The molecule has 0 aliphatic carbocycles. The first kappa shape index (κ1) is 22.6. The number of halogens is 2. The van der Waals surface area contributed by atoms with Gasteiger partial charge in [-0.3, -0.25) is 9.59 Å². The second kappa shape index (κ2) is 10.3. The Hall–Kier alpha value is -3.06. The van der Waals surface area contributed by atoms with Crippen molar-refractivity contribution >= 4 is 41.3 Å². The Morgan fingerprint density at radius 2 is 1.74 bits per heavy atom. The highest BCUT2D eigenvalue weighted by molar-refractivity contribution is 6.35. The fraction of sp³-hybridized carbons (Fsp3) is 0.130. The van der Waals surface area contributed by atoms with Crippen molar-refractivity contribution in [3.05, 3.63) is 97.4 Å². The van der Waals surface area contributed by atoms with Crippen LogP contribution in [0.2, 0.25) is 10.0 Å². The van der Waals surface area contributed by atoms with E-state index in [1.165, 1.54) is 10.6 Å². The number of pyridine rings is 1. The Labute approximate surface area is 189 Å². The number of aromatic nitrogens is 1. The first-order valence-electron chi connectivity index (χ1n) is 9.29. The average molecular weight is 459 g/mol. The van der Waals surface area contributed by atoms with E-state index in [9.17, 15) is 9.59 Å². The molecule has 0 aliphatic rings. The fourth-order valence-electron chi connectivity index (χ4n) is 3.01. The van der Waals surface area contributed by atoms with E-state index in [0.717, 1.165) is 22.4 Å². The number of methoxy groups -OCH3 is 1. The first-order valence-corrected chi connectivity index (χ1v) is 10.0. The molecule has 2 aromatic carbocycles. The SMILES string of the molecule is COc1cccc(/C=C/c2c(Cl)cc(Cl)c(=O)n2Cc2ccc(CC(=O)ON)cc2)c1. The van der Waals surface area contributed by atoms with E-state index in [2.05, 4.69) is 4.84 Å². The molecule has 0 aliphatic heterocycles. The van der Waals surface area contributed by atoms with E-state index in [1.807, 2.05) is 42.5 Å². The van der Waals surface area contributed by atoms with Crippen LogP contribution in [0.15, 0.2) is 59.4 Å². The minimum atomic E-state index is -0.532. The summed E-state index contributed by atoms with van der Waals surface area (Å²) in [4.78, 5) is 28.3. The van der Waals surface area contributed by atoms with Crippen LogP contribution in [0.5, 0.6) is 5.75 Å². The minimum absolute atomic E-state index is 0.0332. The summed E-state index contributed by atoms with van der Waals surface area (Å²) in [7, 11) is 1.60. The molecule has 1 heterocycles. The number of carbonyl (C=O) groups excluding carboxylic acids is 1. The van der Waals surface area contributed by atoms with E-state index in [0.29, 0.717) is 10.7 Å². The van der Waals surface area contributed by atoms with Gasteiger partial charge in [0.15, 0.2) is 0 Å². The molecule has 0 fully saturated rings. The number of carbonyl (C=O) groups is 1. The summed E-state index contributed by atoms with van der Waals surface area (Å²) in [6, 6.07) is 16.1. The molecule has 0 bridgehead atoms. The molecule has 3 rings (SSSR count). The molecule has 0 spiro atoms. The predicted molar refractivity (Wildman–Crippen MR) is 122 cm³/mol. The highest BCUT2D eigenvalue weighted by Gasteiger charge is 2.12. The van der Waals surface area contributed by atoms with Gasteiger partial charge < -0.3 is 14.1 Å². The van der Waals surface area contributed by atoms with Crippen LogP contribution in [0, 0.1) is 0 Å². The molecule has 31 heavy (non-hydrogen) atoms. The number of hydrogen-bond donors (Lipinski definition) is 1. The smallest absolute Gasteiger partial charge is 0.328 e. The summed E-state index contributed by atoms with van der Waals surface area (Å²) in [5.41, 5.74) is 2.64. The summed E-state index contributed by atoms with van der Waals surface area (Å²) in [6.45, 7) is 0.249. The molecule has 3 aromatic rings. The van der Waals surface area contributed by atoms with Gasteiger partial charge in [0.25, 0.3) is 5.56 Å². The van der Waals surface area contributed by atoms with Crippen molar-refractivity contribution in [2.75, 3.05) is 7.11 Å². The van der Waals surface area contributed by atoms with E-state index < -0.39 is 5.97 Å². The molecule has 1 aromatic heterocycles. The van der Waals surface area contributed by atoms with E-state index in [-0.39, 0.29) is 23.5 Å². The van der Waals surface area contributed by atoms with E-state index in [4.69, 9.17) is 33.8 Å². The molecule has 0 radical (unpaired) electrons. The third-order valence-corrected chi connectivity index (χ3v) is 5.18. The second-order valence-corrected chi connectivity index (χ2v) is 7.52. The largest absolute Gasteiger partial charge is 0.497 e. The van der Waals surface area contributed by atoms with Crippen LogP contribution in [-0.2, 0) is 22.6 Å². The Balaban J connectivity index is 1.93. The van der Waals surface area contributed by atoms with Gasteiger partial charge >= 0.3 is 5.97 Å². The predicted octanol–water partition coefficient (Wildman–Crippen LogP) is 4.34. The van der Waals surface area contributed by atoms with Gasteiger partial charge in [-0.25, -0.2) is 0 Å². The Kier molecular flexibility index (Phi) is 7.52. The number of benzene rings is 2. The van der Waals surface area contributed by atoms with Crippen LogP contribution >= 0.6 is 23.2 Å². The Bertz CT molecular complexity index is 1170. The highest BCUT2D eigenvalue weighted by Crippen LogP contribution is 2.22. The van der Waals surface area contributed by atoms with Crippen LogP contribution in [0.3, 0.4) is 0 Å². The summed E-state index contributed by atoms with van der Waals surface area (Å²) < 4.78 is 6.74. The standard InChI is InChI=1S/C23H20Cl2N2O4/c1-30-18-4-2-3-15(11-18)9-10-21-19(24)13-20(25)23(29)27(21)14-17-7-5-16(6-8-17)12-22(28)31-26/h2-11,13H,12,14,26H2,1H3/b10-9+. The zero-order valence-electron chi connectivity index (χ0n) is 16.7. The fourth-order valence-corrected chi connectivity index (χ4v) is 3.56. The van der Waals surface area contributed by atoms with Crippen molar-refractivity contribution in [3.8, 4) is 5.75 Å². The van der Waals surface area contributed by atoms with Crippen LogP contribution < -0.4 is 16.2 Å². The van der Waals surface area contributed by atoms with Gasteiger partial charge in [-0.2, -0.15) is 5.90 Å². The first-order chi connectivity index (χ1) is 14.9. The summed E-state index contributed by atoms with van der Waals surface area (Å²) in [6.07, 6.45) is 3.67. The number of rotatable bonds is 7. The van der Waals surface area contributed by atoms with E-state index in [1.54, 1.807) is 25.3 Å². The molecule has 8 heteroatoms. The average Bonchev–Trinajstić information content (AvgIpc) is 2.78. The quantitative estimate of drug-likeness (QED) is 0.532. The van der Waals surface area contributed by atoms with Gasteiger partial charge in [0.1, 0.15) is 10.8 Å². The number of ether oxygens (including phenoxy) is 1. The maximum absolute atomic E-state index is 12.8. The lowest BCUT2D eigenvalue weighted by Crippen LogP contribution is -2.23. The molecule has 0 saturated carbocycles. The number of nitrogens with zero attached hydrogens (tertiary/aromatic N) is 1. The van der Waals surface area contributed by atoms with Crippen LogP contribution in [0.4, 0.5) is 0 Å². The third kappa shape index (κ3) is 5.76. The monoisotopic (exact) mass is 458 g/mol. The summed E-state index contributed by atoms with van der Waals surface area (Å²) >= 11 is 12.5. The van der Waals surface area contributed by atoms with Gasteiger partial charge in [-0.05, 0) is 41.0 Å². The maximum atomic E-state index is 12.8. The van der Waals surface area contributed by atoms with Crippen molar-refractivity contribution in [1.29, 1.82) is 0 Å². The molecule has 2 N–H and O–H groups in total. The lowest BCUT2D eigenvalue weighted by molar-refractivity contribution is -0.143. The summed E-state index contributed by atoms with van der Waals surface area (Å²) in [5.74, 6) is 5.06. The highest BCUT2D eigenvalue weighted by atomic mass is 35.5. The molecule has 0 saturated heterocycles. The Morgan fingerprint density at radius 1 is 1.03 bits per heavy atom. The Morgan fingerprint density at radius 3 is 2.42 bits per heavy atom. The van der Waals surface area contributed by atoms with Gasteiger partial charge in [0.2, 0.25) is 0 Å².